The molecule has 5 rings (SSSR count). The Kier molecular flexibility index (Phi) is 11.0. The molecule has 4 aromatic carbocycles. The van der Waals surface area contributed by atoms with Crippen molar-refractivity contribution in [3.63, 3.8) is 0 Å². The summed E-state index contributed by atoms with van der Waals surface area (Å²) in [7, 11) is 1.23. The van der Waals surface area contributed by atoms with Gasteiger partial charge in [0.2, 0.25) is 0 Å². The number of benzene rings is 4. The molecule has 1 saturated heterocycles. The number of methoxy groups -OCH3 is 2. The molecule has 2 atom stereocenters. The highest BCUT2D eigenvalue weighted by Gasteiger charge is 2.46. The standard InChI is InChI=1S/C40H49NO6Si/c1-39(2,3)48(6,7)46-29-34-26-37(27-41(34)38(42)45-28-30-14-10-8-11-15-30)47-40(31-16-12-9-13-17-31,32-18-22-35(43-4)23-19-32)33-20-24-36(44-5)25-21-33/h8-25,34,37H,26-29H2,1-7H3/t34?,37-/m1/s1. The first-order chi connectivity index (χ1) is 23.0. The third kappa shape index (κ3) is 7.78. The van der Waals surface area contributed by atoms with Crippen molar-refractivity contribution in [3.05, 3.63) is 131 Å². The van der Waals surface area contributed by atoms with E-state index in [1.54, 1.807) is 19.1 Å². The van der Waals surface area contributed by atoms with Crippen LogP contribution in [0.25, 0.3) is 0 Å². The number of nitrogens with zero attached hydrogens (tertiary/aromatic N) is 1. The topological polar surface area (TPSA) is 66.5 Å². The van der Waals surface area contributed by atoms with Gasteiger partial charge in [0.15, 0.2) is 8.32 Å². The molecule has 0 spiro atoms. The van der Waals surface area contributed by atoms with Gasteiger partial charge in [0.1, 0.15) is 23.7 Å². The van der Waals surface area contributed by atoms with Crippen molar-refractivity contribution in [1.82, 2.24) is 4.90 Å². The molecule has 0 aliphatic carbocycles. The van der Waals surface area contributed by atoms with Crippen LogP contribution >= 0.6 is 0 Å². The molecule has 1 aliphatic heterocycles. The third-order valence-corrected chi connectivity index (χ3v) is 14.3. The highest BCUT2D eigenvalue weighted by molar-refractivity contribution is 6.74. The van der Waals surface area contributed by atoms with E-state index in [0.29, 0.717) is 19.6 Å². The van der Waals surface area contributed by atoms with Gasteiger partial charge in [-0.25, -0.2) is 4.79 Å². The van der Waals surface area contributed by atoms with Gasteiger partial charge in [-0.3, -0.25) is 0 Å². The first-order valence-electron chi connectivity index (χ1n) is 16.6. The molecule has 0 radical (unpaired) electrons. The smallest absolute Gasteiger partial charge is 0.410 e. The first-order valence-corrected chi connectivity index (χ1v) is 19.5. The Morgan fingerprint density at radius 2 is 1.25 bits per heavy atom. The number of amides is 1. The minimum atomic E-state index is -2.10. The van der Waals surface area contributed by atoms with Crippen LogP contribution in [0.2, 0.25) is 18.1 Å². The van der Waals surface area contributed by atoms with E-state index in [1.807, 2.05) is 72.8 Å². The minimum Gasteiger partial charge on any atom is -0.497 e. The largest absolute Gasteiger partial charge is 0.497 e. The fourth-order valence-corrected chi connectivity index (χ4v) is 6.98. The fourth-order valence-electron chi connectivity index (χ4n) is 5.94. The van der Waals surface area contributed by atoms with Gasteiger partial charge in [-0.05, 0) is 71.1 Å². The maximum atomic E-state index is 13.8. The van der Waals surface area contributed by atoms with Crippen molar-refractivity contribution >= 4 is 14.4 Å². The van der Waals surface area contributed by atoms with Crippen LogP contribution in [0.1, 0.15) is 49.4 Å². The second kappa shape index (κ2) is 15.0. The molecule has 1 amide bonds. The third-order valence-electron chi connectivity index (χ3n) is 9.78. The number of carbonyl (C=O) groups excluding carboxylic acids is 1. The Morgan fingerprint density at radius 1 is 0.750 bits per heavy atom. The minimum absolute atomic E-state index is 0.0331. The van der Waals surface area contributed by atoms with Crippen molar-refractivity contribution in [3.8, 4) is 11.5 Å². The fraction of sp³-hybridized carbons (Fsp3) is 0.375. The molecule has 0 bridgehead atoms. The van der Waals surface area contributed by atoms with Crippen molar-refractivity contribution in [2.24, 2.45) is 0 Å². The maximum Gasteiger partial charge on any atom is 0.410 e. The van der Waals surface area contributed by atoms with Crippen molar-refractivity contribution in [1.29, 1.82) is 0 Å². The molecule has 48 heavy (non-hydrogen) atoms. The van der Waals surface area contributed by atoms with Gasteiger partial charge in [0, 0.05) is 0 Å². The van der Waals surface area contributed by atoms with Crippen LogP contribution in [0.3, 0.4) is 0 Å². The highest BCUT2D eigenvalue weighted by Crippen LogP contribution is 2.44. The number of likely N-dealkylation sites (tertiary alicyclic amines) is 1. The lowest BCUT2D eigenvalue weighted by Gasteiger charge is -2.38. The van der Waals surface area contributed by atoms with E-state index in [0.717, 1.165) is 33.8 Å². The Balaban J connectivity index is 1.53. The summed E-state index contributed by atoms with van der Waals surface area (Å²) >= 11 is 0. The lowest BCUT2D eigenvalue weighted by atomic mass is 9.79. The van der Waals surface area contributed by atoms with E-state index in [9.17, 15) is 4.79 Å². The summed E-state index contributed by atoms with van der Waals surface area (Å²) in [5.74, 6) is 1.51. The van der Waals surface area contributed by atoms with Gasteiger partial charge >= 0.3 is 6.09 Å². The molecule has 1 unspecified atom stereocenters. The van der Waals surface area contributed by atoms with E-state index >= 15 is 0 Å². The zero-order chi connectivity index (χ0) is 34.4. The van der Waals surface area contributed by atoms with E-state index in [2.05, 4.69) is 70.3 Å². The Labute approximate surface area is 286 Å². The maximum absolute atomic E-state index is 13.8. The van der Waals surface area contributed by atoms with Crippen LogP contribution in [0.15, 0.2) is 109 Å². The SMILES string of the molecule is COc1ccc(C(O[C@@H]2CC(CO[Si](C)(C)C(C)(C)C)N(C(=O)OCc3ccccc3)C2)(c2ccccc2)c2ccc(OC)cc2)cc1. The van der Waals surface area contributed by atoms with Crippen LogP contribution in [-0.2, 0) is 26.1 Å². The Hall–Kier alpha value is -4.11. The molecular formula is C40H49NO6Si. The van der Waals surface area contributed by atoms with E-state index in [4.69, 9.17) is 23.4 Å². The molecule has 1 aliphatic rings. The van der Waals surface area contributed by atoms with Crippen LogP contribution in [-0.4, -0.2) is 58.8 Å². The predicted molar refractivity (Wildman–Crippen MR) is 192 cm³/mol. The highest BCUT2D eigenvalue weighted by atomic mass is 28.4. The summed E-state index contributed by atoms with van der Waals surface area (Å²) < 4.78 is 31.0. The normalized spacial score (nSPS) is 16.9. The molecule has 254 valence electrons. The molecule has 8 heteroatoms. The van der Waals surface area contributed by atoms with Gasteiger partial charge in [-0.1, -0.05) is 106 Å². The summed E-state index contributed by atoms with van der Waals surface area (Å²) in [6.07, 6.45) is -0.102. The molecule has 0 aromatic heterocycles. The molecule has 0 N–H and O–H groups in total. The molecule has 0 saturated carbocycles. The number of hydrogen-bond donors (Lipinski definition) is 0. The number of carbonyl (C=O) groups is 1. The summed E-state index contributed by atoms with van der Waals surface area (Å²) in [5, 5.41) is 0.0331. The molecular weight excluding hydrogens is 619 g/mol. The number of rotatable bonds is 12. The zero-order valence-corrected chi connectivity index (χ0v) is 30.3. The molecule has 1 heterocycles. The second-order valence-electron chi connectivity index (χ2n) is 13.9. The van der Waals surface area contributed by atoms with Gasteiger partial charge in [-0.2, -0.15) is 0 Å². The monoisotopic (exact) mass is 667 g/mol. The molecule has 7 nitrogen and oxygen atoms in total. The van der Waals surface area contributed by atoms with E-state index in [-0.39, 0.29) is 29.9 Å². The average Bonchev–Trinajstić information content (AvgIpc) is 3.51. The second-order valence-corrected chi connectivity index (χ2v) is 18.7. The Bertz CT molecular complexity index is 1560. The summed E-state index contributed by atoms with van der Waals surface area (Å²) in [5.41, 5.74) is 2.80. The van der Waals surface area contributed by atoms with Crippen molar-refractivity contribution < 1.29 is 28.2 Å². The summed E-state index contributed by atoms with van der Waals surface area (Å²) in [6.45, 7) is 12.1. The van der Waals surface area contributed by atoms with Gasteiger partial charge < -0.3 is 28.3 Å². The lowest BCUT2D eigenvalue weighted by Crippen LogP contribution is -2.46. The predicted octanol–water partition coefficient (Wildman–Crippen LogP) is 8.81. The van der Waals surface area contributed by atoms with Crippen molar-refractivity contribution in [2.45, 2.75) is 69.7 Å². The van der Waals surface area contributed by atoms with Crippen LogP contribution in [0.4, 0.5) is 4.79 Å². The lowest BCUT2D eigenvalue weighted by molar-refractivity contribution is -0.0418. The van der Waals surface area contributed by atoms with Gasteiger partial charge in [0.05, 0.1) is 39.5 Å². The van der Waals surface area contributed by atoms with Crippen LogP contribution in [0.5, 0.6) is 11.5 Å². The van der Waals surface area contributed by atoms with Crippen LogP contribution < -0.4 is 9.47 Å². The quantitative estimate of drug-likeness (QED) is 0.111. The summed E-state index contributed by atoms with van der Waals surface area (Å²) in [6, 6.07) is 35.8. The van der Waals surface area contributed by atoms with Gasteiger partial charge in [-0.15, -0.1) is 0 Å². The van der Waals surface area contributed by atoms with Gasteiger partial charge in [0.25, 0.3) is 0 Å². The van der Waals surface area contributed by atoms with E-state index < -0.39 is 13.9 Å². The molecule has 1 fully saturated rings. The van der Waals surface area contributed by atoms with Crippen molar-refractivity contribution in [2.75, 3.05) is 27.4 Å². The Morgan fingerprint density at radius 3 is 1.75 bits per heavy atom. The van der Waals surface area contributed by atoms with E-state index in [1.165, 1.54) is 0 Å². The first kappa shape index (κ1) is 35.2. The molecule has 4 aromatic rings. The zero-order valence-electron chi connectivity index (χ0n) is 29.3. The summed E-state index contributed by atoms with van der Waals surface area (Å²) in [4.78, 5) is 15.6. The average molecular weight is 668 g/mol. The number of hydrogen-bond acceptors (Lipinski definition) is 6. The number of ether oxygens (including phenoxy) is 4. The van der Waals surface area contributed by atoms with Crippen LogP contribution in [0, 0.1) is 0 Å².